The minimum atomic E-state index is -1.07. The Morgan fingerprint density at radius 2 is 2.15 bits per heavy atom. The van der Waals surface area contributed by atoms with E-state index in [1.54, 1.807) is 12.1 Å². The van der Waals surface area contributed by atoms with E-state index < -0.39 is 5.97 Å². The van der Waals surface area contributed by atoms with Gasteiger partial charge < -0.3 is 10.1 Å². The Kier molecular flexibility index (Phi) is 2.36. The van der Waals surface area contributed by atoms with Crippen LogP contribution in [0.4, 0.5) is 4.39 Å². The maximum atomic E-state index is 13.8. The number of benzene rings is 1. The molecule has 1 saturated carbocycles. The molecular formula is C14H10BrFN2O2. The molecule has 2 aromatic rings. The number of carboxylic acid groups (broad SMARTS) is 1. The lowest BCUT2D eigenvalue weighted by atomic mass is 9.72. The Balaban J connectivity index is 2.01. The van der Waals surface area contributed by atoms with Crippen molar-refractivity contribution in [2.45, 2.75) is 24.7 Å². The van der Waals surface area contributed by atoms with Crippen molar-refractivity contribution in [3.63, 3.8) is 0 Å². The number of aromatic carboxylic acids is 1. The van der Waals surface area contributed by atoms with E-state index in [1.165, 1.54) is 0 Å². The zero-order chi connectivity index (χ0) is 14.0. The van der Waals surface area contributed by atoms with Crippen LogP contribution in [-0.4, -0.2) is 21.0 Å². The standard InChI is InChI=1S/C14H10BrFN2O2/c15-9-3-8-7(4-10(9)16)5-1-6(2-5)11-12(8)18-13(17-11)14(19)20/h3-6H,1-2H2,(H,17,18)(H,19,20). The van der Waals surface area contributed by atoms with E-state index in [2.05, 4.69) is 25.9 Å². The van der Waals surface area contributed by atoms with Crippen molar-refractivity contribution in [1.29, 1.82) is 0 Å². The van der Waals surface area contributed by atoms with Crippen LogP contribution in [0.25, 0.3) is 11.3 Å². The average Bonchev–Trinajstić information content (AvgIpc) is 2.68. The van der Waals surface area contributed by atoms with Gasteiger partial charge in [-0.3, -0.25) is 0 Å². The number of nitrogens with zero attached hydrogens (tertiary/aromatic N) is 1. The molecule has 3 aliphatic carbocycles. The maximum Gasteiger partial charge on any atom is 0.371 e. The molecule has 5 rings (SSSR count). The Morgan fingerprint density at radius 3 is 2.85 bits per heavy atom. The molecule has 0 atom stereocenters. The molecule has 1 fully saturated rings. The van der Waals surface area contributed by atoms with E-state index in [1.807, 2.05) is 0 Å². The molecule has 1 aromatic heterocycles. The number of carboxylic acids is 1. The summed E-state index contributed by atoms with van der Waals surface area (Å²) in [4.78, 5) is 18.2. The Bertz CT molecular complexity index is 750. The van der Waals surface area contributed by atoms with E-state index in [9.17, 15) is 9.18 Å². The van der Waals surface area contributed by atoms with Crippen LogP contribution in [0.5, 0.6) is 0 Å². The number of hydrogen-bond donors (Lipinski definition) is 2. The normalized spacial score (nSPS) is 22.5. The van der Waals surface area contributed by atoms with Gasteiger partial charge in [0.15, 0.2) is 0 Å². The van der Waals surface area contributed by atoms with E-state index in [0.717, 1.165) is 29.7 Å². The summed E-state index contributed by atoms with van der Waals surface area (Å²) in [5.74, 6) is -0.772. The van der Waals surface area contributed by atoms with E-state index in [4.69, 9.17) is 5.11 Å². The molecule has 6 heteroatoms. The molecule has 0 aliphatic heterocycles. The molecular weight excluding hydrogens is 327 g/mol. The lowest BCUT2D eigenvalue weighted by molar-refractivity contribution is 0.0684. The van der Waals surface area contributed by atoms with Crippen molar-refractivity contribution < 1.29 is 14.3 Å². The number of aromatic nitrogens is 2. The van der Waals surface area contributed by atoms with Crippen LogP contribution in [0.3, 0.4) is 0 Å². The zero-order valence-corrected chi connectivity index (χ0v) is 11.9. The molecule has 1 aromatic carbocycles. The number of H-pyrrole nitrogens is 1. The summed E-state index contributed by atoms with van der Waals surface area (Å²) in [6.07, 6.45) is 1.84. The van der Waals surface area contributed by atoms with E-state index in [0.29, 0.717) is 22.0 Å². The summed E-state index contributed by atoms with van der Waals surface area (Å²) in [7, 11) is 0. The second kappa shape index (κ2) is 3.91. The van der Waals surface area contributed by atoms with Crippen molar-refractivity contribution in [1.82, 2.24) is 9.97 Å². The van der Waals surface area contributed by atoms with Gasteiger partial charge in [-0.1, -0.05) is 0 Å². The van der Waals surface area contributed by atoms with Crippen LogP contribution in [0.1, 0.15) is 46.6 Å². The van der Waals surface area contributed by atoms with Crippen LogP contribution in [0.15, 0.2) is 16.6 Å². The Morgan fingerprint density at radius 1 is 1.40 bits per heavy atom. The lowest BCUT2D eigenvalue weighted by Crippen LogP contribution is -2.19. The van der Waals surface area contributed by atoms with Gasteiger partial charge in [-0.25, -0.2) is 14.2 Å². The van der Waals surface area contributed by atoms with Gasteiger partial charge in [0.05, 0.1) is 10.2 Å². The smallest absolute Gasteiger partial charge is 0.371 e. The molecule has 20 heavy (non-hydrogen) atoms. The molecule has 0 amide bonds. The second-order valence-electron chi connectivity index (χ2n) is 5.37. The molecule has 2 bridgehead atoms. The summed E-state index contributed by atoms with van der Waals surface area (Å²) < 4.78 is 14.1. The first kappa shape index (κ1) is 12.1. The van der Waals surface area contributed by atoms with Gasteiger partial charge >= 0.3 is 5.97 Å². The average molecular weight is 337 g/mol. The fourth-order valence-electron chi connectivity index (χ4n) is 3.20. The number of imidazole rings is 1. The molecule has 1 heterocycles. The summed E-state index contributed by atoms with van der Waals surface area (Å²) in [5.41, 5.74) is 3.30. The van der Waals surface area contributed by atoms with Crippen LogP contribution in [0, 0.1) is 5.82 Å². The number of rotatable bonds is 1. The third-order valence-electron chi connectivity index (χ3n) is 4.27. The van der Waals surface area contributed by atoms with Gasteiger partial charge in [-0.05, 0) is 52.4 Å². The topological polar surface area (TPSA) is 66.0 Å². The Labute approximate surface area is 122 Å². The maximum absolute atomic E-state index is 13.8. The van der Waals surface area contributed by atoms with Crippen LogP contribution < -0.4 is 0 Å². The highest BCUT2D eigenvalue weighted by atomic mass is 79.9. The number of nitrogens with one attached hydrogen (secondary N) is 1. The van der Waals surface area contributed by atoms with Crippen molar-refractivity contribution in [2.24, 2.45) is 0 Å². The fraction of sp³-hybridized carbons (Fsp3) is 0.286. The monoisotopic (exact) mass is 336 g/mol. The molecule has 4 nitrogen and oxygen atoms in total. The number of aromatic amines is 1. The zero-order valence-electron chi connectivity index (χ0n) is 10.3. The van der Waals surface area contributed by atoms with Crippen molar-refractivity contribution >= 4 is 21.9 Å². The number of hydrogen-bond acceptors (Lipinski definition) is 2. The minimum Gasteiger partial charge on any atom is -0.475 e. The molecule has 0 radical (unpaired) electrons. The fourth-order valence-corrected chi connectivity index (χ4v) is 3.54. The summed E-state index contributed by atoms with van der Waals surface area (Å²) in [5, 5.41) is 9.09. The van der Waals surface area contributed by atoms with E-state index >= 15 is 0 Å². The molecule has 0 unspecified atom stereocenters. The third-order valence-corrected chi connectivity index (χ3v) is 4.88. The van der Waals surface area contributed by atoms with Crippen LogP contribution in [-0.2, 0) is 0 Å². The SMILES string of the molecule is O=C(O)c1nc2c([nH]1)C1CC(C1)c1cc(F)c(Br)cc1-2. The van der Waals surface area contributed by atoms with Crippen LogP contribution in [0.2, 0.25) is 0 Å². The second-order valence-corrected chi connectivity index (χ2v) is 6.23. The summed E-state index contributed by atoms with van der Waals surface area (Å²) in [6, 6.07) is 3.25. The van der Waals surface area contributed by atoms with Crippen molar-refractivity contribution in [3.05, 3.63) is 39.5 Å². The van der Waals surface area contributed by atoms with Crippen molar-refractivity contribution in [2.75, 3.05) is 0 Å². The van der Waals surface area contributed by atoms with Gasteiger partial charge in [0.2, 0.25) is 5.82 Å². The molecule has 0 spiro atoms. The first-order valence-corrected chi connectivity index (χ1v) is 7.16. The molecule has 0 saturated heterocycles. The summed E-state index contributed by atoms with van der Waals surface area (Å²) >= 11 is 3.19. The highest BCUT2D eigenvalue weighted by molar-refractivity contribution is 9.10. The Hall–Kier alpha value is -1.69. The van der Waals surface area contributed by atoms with Gasteiger partial charge in [0.1, 0.15) is 5.82 Å². The predicted octanol–water partition coefficient (Wildman–Crippen LogP) is 3.65. The predicted molar refractivity (Wildman–Crippen MR) is 73.4 cm³/mol. The van der Waals surface area contributed by atoms with Gasteiger partial charge in [-0.15, -0.1) is 0 Å². The van der Waals surface area contributed by atoms with Crippen LogP contribution >= 0.6 is 15.9 Å². The van der Waals surface area contributed by atoms with Gasteiger partial charge in [0.25, 0.3) is 0 Å². The first-order chi connectivity index (χ1) is 9.54. The van der Waals surface area contributed by atoms with Crippen molar-refractivity contribution in [3.8, 4) is 11.3 Å². The lowest BCUT2D eigenvalue weighted by Gasteiger charge is -2.33. The number of carbonyl (C=O) groups is 1. The minimum absolute atomic E-state index is 0.0493. The molecule has 3 aliphatic rings. The highest BCUT2D eigenvalue weighted by Gasteiger charge is 2.40. The summed E-state index contributed by atoms with van der Waals surface area (Å²) in [6.45, 7) is 0. The third kappa shape index (κ3) is 1.51. The van der Waals surface area contributed by atoms with E-state index in [-0.39, 0.29) is 11.6 Å². The molecule has 2 N–H and O–H groups in total. The highest BCUT2D eigenvalue weighted by Crippen LogP contribution is 2.55. The first-order valence-electron chi connectivity index (χ1n) is 6.37. The van der Waals surface area contributed by atoms with Gasteiger partial charge in [-0.2, -0.15) is 0 Å². The quantitative estimate of drug-likeness (QED) is 0.835. The number of halogens is 2. The van der Waals surface area contributed by atoms with Gasteiger partial charge in [0, 0.05) is 17.2 Å². The largest absolute Gasteiger partial charge is 0.475 e. The molecule has 102 valence electrons.